The smallest absolute Gasteiger partial charge is 0.282 e. The molecule has 0 unspecified atom stereocenters. The summed E-state index contributed by atoms with van der Waals surface area (Å²) < 4.78 is 8.65. The molecular formula is C52H57ClN6O6. The van der Waals surface area contributed by atoms with E-state index < -0.39 is 11.9 Å². The highest BCUT2D eigenvalue weighted by molar-refractivity contribution is 6.35. The van der Waals surface area contributed by atoms with Crippen molar-refractivity contribution in [3.8, 4) is 11.4 Å². The number of carbonyl (C=O) groups is 4. The number of imide groups is 1. The molecule has 4 aromatic rings. The monoisotopic (exact) mass is 896 g/mol. The molecule has 1 atom stereocenters. The van der Waals surface area contributed by atoms with Crippen molar-refractivity contribution in [3.63, 3.8) is 0 Å². The molecule has 13 heteroatoms. The van der Waals surface area contributed by atoms with Gasteiger partial charge in [0.1, 0.15) is 17.6 Å². The number of ether oxygens (including phenoxy) is 1. The quantitative estimate of drug-likeness (QED) is 0.205. The summed E-state index contributed by atoms with van der Waals surface area (Å²) in [5.41, 5.74) is 6.63. The summed E-state index contributed by atoms with van der Waals surface area (Å²) in [5, 5.41) is 3.35. The van der Waals surface area contributed by atoms with Crippen molar-refractivity contribution in [2.24, 2.45) is 5.92 Å². The highest BCUT2D eigenvalue weighted by Crippen LogP contribution is 2.53. The topological polar surface area (TPSA) is 134 Å². The molecule has 3 saturated heterocycles. The summed E-state index contributed by atoms with van der Waals surface area (Å²) in [7, 11) is 0. The van der Waals surface area contributed by atoms with Crippen molar-refractivity contribution in [2.75, 3.05) is 32.8 Å². The van der Waals surface area contributed by atoms with Gasteiger partial charge in [0, 0.05) is 54.1 Å². The first kappa shape index (κ1) is 41.4. The fraction of sp³-hybridized carbons (Fsp3) is 0.538. The number of rotatable bonds is 5. The number of benzene rings is 3. The average molecular weight is 898 g/mol. The molecule has 0 radical (unpaired) electrons. The van der Waals surface area contributed by atoms with E-state index in [2.05, 4.69) is 37.9 Å². The van der Waals surface area contributed by atoms with Crippen LogP contribution in [0.5, 0.6) is 5.75 Å². The second-order valence-electron chi connectivity index (χ2n) is 20.6. The standard InChI is InChI=1S/C52H57ClN6O6/c53-39-5-4-6-40-45(39)48(63)55-50-52(19-2-1-3-20-52)37-13-9-33(28-42(37)59(40)50)32-17-23-56(24-18-32)34-10-7-31(8-11-34)27-44(61)57-25-21-51(22-26-57)30-65-46-36-29-58(41-15-16-43(60)54-47(41)62)49(64)35(36)12-14-38(46)51/h4-6,9,12-14,28,31-32,34,41H,1-3,7-8,10-11,15-27,29-30H2,(H,54,60,62)/t31?,34?,41-/m0/s1. The number of carbonyl (C=O) groups excluding carboxylic acids is 4. The molecule has 4 amide bonds. The lowest BCUT2D eigenvalue weighted by molar-refractivity contribution is -0.137. The van der Waals surface area contributed by atoms with E-state index in [0.717, 1.165) is 118 Å². The number of piperidine rings is 3. The van der Waals surface area contributed by atoms with Crippen LogP contribution in [-0.2, 0) is 31.8 Å². The van der Waals surface area contributed by atoms with Crippen LogP contribution >= 0.6 is 11.6 Å². The van der Waals surface area contributed by atoms with E-state index in [9.17, 15) is 24.0 Å². The first-order valence-electron chi connectivity index (χ1n) is 24.4. The highest BCUT2D eigenvalue weighted by Gasteiger charge is 2.49. The zero-order chi connectivity index (χ0) is 44.2. The molecule has 6 aliphatic heterocycles. The van der Waals surface area contributed by atoms with Crippen molar-refractivity contribution >= 4 is 46.1 Å². The van der Waals surface area contributed by atoms with Crippen LogP contribution in [0, 0.1) is 5.92 Å². The lowest BCUT2D eigenvalue weighted by Gasteiger charge is -2.42. The SMILES string of the molecule is O=C1CC[C@H](N2Cc3c(ccc4c3OCC43CCN(C(=O)CC4CCC(N5CCC(c6ccc7c(c6)-n6c(nc(=O)c8c(Cl)cccc86)C76CCCCC6)CC5)CC4)CC3)C2=O)C(=O)N1. The molecule has 1 N–H and O–H groups in total. The van der Waals surface area contributed by atoms with E-state index in [-0.39, 0.29) is 40.5 Å². The Bertz CT molecular complexity index is 2720. The van der Waals surface area contributed by atoms with Crippen LogP contribution in [0.3, 0.4) is 0 Å². The van der Waals surface area contributed by atoms with Crippen molar-refractivity contribution in [2.45, 2.75) is 138 Å². The maximum Gasteiger partial charge on any atom is 0.282 e. The van der Waals surface area contributed by atoms with Crippen molar-refractivity contribution < 1.29 is 23.9 Å². The van der Waals surface area contributed by atoms with Gasteiger partial charge in [0.15, 0.2) is 0 Å². The maximum absolute atomic E-state index is 13.8. The molecule has 12 rings (SSSR count). The van der Waals surface area contributed by atoms with Gasteiger partial charge in [0.05, 0.1) is 40.2 Å². The second-order valence-corrected chi connectivity index (χ2v) is 21.0. The van der Waals surface area contributed by atoms with Crippen LogP contribution < -0.4 is 15.6 Å². The summed E-state index contributed by atoms with van der Waals surface area (Å²) in [6.07, 6.45) is 15.1. The van der Waals surface area contributed by atoms with Crippen LogP contribution in [0.4, 0.5) is 0 Å². The third kappa shape index (κ3) is 6.61. The Kier molecular flexibility index (Phi) is 10.0. The Morgan fingerprint density at radius 3 is 2.38 bits per heavy atom. The van der Waals surface area contributed by atoms with Gasteiger partial charge >= 0.3 is 0 Å². The molecule has 65 heavy (non-hydrogen) atoms. The van der Waals surface area contributed by atoms with Gasteiger partial charge in [-0.15, -0.1) is 0 Å². The van der Waals surface area contributed by atoms with Gasteiger partial charge in [0.2, 0.25) is 17.7 Å². The average Bonchev–Trinajstić information content (AvgIpc) is 3.94. The lowest BCUT2D eigenvalue weighted by Crippen LogP contribution is -2.52. The summed E-state index contributed by atoms with van der Waals surface area (Å²) in [6, 6.07) is 16.7. The number of nitrogens with one attached hydrogen (secondary N) is 1. The number of aromatic nitrogens is 2. The van der Waals surface area contributed by atoms with E-state index in [1.165, 1.54) is 23.2 Å². The minimum absolute atomic E-state index is 0.189. The number of nitrogens with zero attached hydrogens (tertiary/aromatic N) is 5. The summed E-state index contributed by atoms with van der Waals surface area (Å²) in [6.45, 7) is 4.40. The van der Waals surface area contributed by atoms with E-state index >= 15 is 0 Å². The third-order valence-corrected chi connectivity index (χ3v) is 17.7. The Morgan fingerprint density at radius 2 is 1.62 bits per heavy atom. The van der Waals surface area contributed by atoms with E-state index in [0.29, 0.717) is 72.9 Å². The number of likely N-dealkylation sites (tertiary alicyclic amines) is 2. The highest BCUT2D eigenvalue weighted by atomic mass is 35.5. The van der Waals surface area contributed by atoms with Crippen LogP contribution in [0.25, 0.3) is 16.6 Å². The number of fused-ring (bicyclic) bond motifs is 11. The summed E-state index contributed by atoms with van der Waals surface area (Å²) in [5.74, 6) is 1.95. The Labute approximate surface area is 384 Å². The normalized spacial score (nSPS) is 26.0. The molecule has 2 spiro atoms. The van der Waals surface area contributed by atoms with Crippen molar-refractivity contribution in [1.82, 2.24) is 29.6 Å². The number of hydrogen-bond acceptors (Lipinski definition) is 8. The van der Waals surface area contributed by atoms with Gasteiger partial charge in [-0.1, -0.05) is 55.1 Å². The van der Waals surface area contributed by atoms with Gasteiger partial charge in [-0.3, -0.25) is 33.9 Å². The first-order valence-corrected chi connectivity index (χ1v) is 24.8. The molecule has 0 bridgehead atoms. The minimum Gasteiger partial charge on any atom is -0.492 e. The molecule has 5 fully saturated rings. The summed E-state index contributed by atoms with van der Waals surface area (Å²) in [4.78, 5) is 76.2. The third-order valence-electron chi connectivity index (χ3n) is 17.4. The summed E-state index contributed by atoms with van der Waals surface area (Å²) >= 11 is 6.63. The lowest BCUT2D eigenvalue weighted by atomic mass is 9.69. The zero-order valence-electron chi connectivity index (χ0n) is 37.0. The van der Waals surface area contributed by atoms with Crippen LogP contribution in [0.15, 0.2) is 53.3 Å². The van der Waals surface area contributed by atoms with Crippen molar-refractivity contribution in [3.05, 3.63) is 97.5 Å². The number of hydrogen-bond donors (Lipinski definition) is 1. The molecule has 2 saturated carbocycles. The molecular weight excluding hydrogens is 840 g/mol. The molecule has 8 aliphatic rings. The maximum atomic E-state index is 13.8. The Morgan fingerprint density at radius 1 is 0.846 bits per heavy atom. The van der Waals surface area contributed by atoms with Gasteiger partial charge in [-0.2, -0.15) is 4.98 Å². The van der Waals surface area contributed by atoms with Crippen molar-refractivity contribution in [1.29, 1.82) is 0 Å². The van der Waals surface area contributed by atoms with E-state index in [4.69, 9.17) is 21.3 Å². The Hall–Kier alpha value is -5.07. The zero-order valence-corrected chi connectivity index (χ0v) is 37.8. The van der Waals surface area contributed by atoms with Crippen LogP contribution in [0.1, 0.15) is 147 Å². The predicted molar refractivity (Wildman–Crippen MR) is 246 cm³/mol. The number of amides is 4. The second kappa shape index (κ2) is 15.8. The van der Waals surface area contributed by atoms with E-state index in [1.807, 2.05) is 24.3 Å². The molecule has 1 aromatic heterocycles. The largest absolute Gasteiger partial charge is 0.492 e. The fourth-order valence-electron chi connectivity index (χ4n) is 13.7. The van der Waals surface area contributed by atoms with Gasteiger partial charge in [-0.25, -0.2) is 0 Å². The first-order chi connectivity index (χ1) is 31.6. The van der Waals surface area contributed by atoms with Gasteiger partial charge in [-0.05, 0) is 131 Å². The molecule has 3 aromatic carbocycles. The molecule has 338 valence electrons. The molecule has 12 nitrogen and oxygen atoms in total. The van der Waals surface area contributed by atoms with E-state index in [1.54, 1.807) is 11.0 Å². The van der Waals surface area contributed by atoms with Gasteiger partial charge in [0.25, 0.3) is 11.5 Å². The number of halogens is 1. The van der Waals surface area contributed by atoms with Crippen LogP contribution in [-0.4, -0.2) is 92.7 Å². The fourth-order valence-corrected chi connectivity index (χ4v) is 14.0. The van der Waals surface area contributed by atoms with Crippen LogP contribution in [0.2, 0.25) is 5.02 Å². The molecule has 7 heterocycles. The van der Waals surface area contributed by atoms with Gasteiger partial charge < -0.3 is 19.4 Å². The predicted octanol–water partition coefficient (Wildman–Crippen LogP) is 7.44. The molecule has 2 aliphatic carbocycles. The minimum atomic E-state index is -0.658. The Balaban J connectivity index is 0.649.